The second kappa shape index (κ2) is 9.11. The van der Waals surface area contributed by atoms with Crippen molar-refractivity contribution in [1.29, 1.82) is 0 Å². The van der Waals surface area contributed by atoms with E-state index >= 15 is 0 Å². The van der Waals surface area contributed by atoms with Crippen molar-refractivity contribution in [2.45, 2.75) is 59.2 Å². The van der Waals surface area contributed by atoms with E-state index in [0.717, 1.165) is 17.4 Å². The first-order valence-electron chi connectivity index (χ1n) is 10.1. The number of aliphatic imine (C=N–C) groups is 1. The van der Waals surface area contributed by atoms with Crippen LogP contribution < -0.4 is 10.6 Å². The normalized spacial score (nSPS) is 13.3. The first kappa shape index (κ1) is 21.5. The maximum absolute atomic E-state index is 5.89. The van der Waals surface area contributed by atoms with Gasteiger partial charge in [0, 0.05) is 12.5 Å². The predicted molar refractivity (Wildman–Crippen MR) is 117 cm³/mol. The maximum atomic E-state index is 5.89. The lowest BCUT2D eigenvalue weighted by molar-refractivity contribution is 0.379. The molecule has 0 spiro atoms. The van der Waals surface area contributed by atoms with E-state index in [1.807, 2.05) is 36.7 Å². The van der Waals surface area contributed by atoms with Crippen molar-refractivity contribution >= 4 is 5.96 Å². The van der Waals surface area contributed by atoms with Gasteiger partial charge in [0.05, 0.1) is 18.8 Å². The van der Waals surface area contributed by atoms with Gasteiger partial charge in [0.2, 0.25) is 5.89 Å². The Morgan fingerprint density at radius 2 is 1.93 bits per heavy atom. The van der Waals surface area contributed by atoms with E-state index in [-0.39, 0.29) is 11.5 Å². The minimum Gasteiger partial charge on any atom is -0.443 e. The van der Waals surface area contributed by atoms with Crippen LogP contribution in [-0.4, -0.2) is 25.7 Å². The number of hydrogen-bond acceptors (Lipinski definition) is 5. The highest BCUT2D eigenvalue weighted by molar-refractivity contribution is 5.80. The van der Waals surface area contributed by atoms with Gasteiger partial charge in [-0.15, -0.1) is 10.2 Å². The van der Waals surface area contributed by atoms with Crippen molar-refractivity contribution in [3.8, 4) is 0 Å². The Morgan fingerprint density at radius 3 is 2.53 bits per heavy atom. The lowest BCUT2D eigenvalue weighted by Crippen LogP contribution is -2.38. The molecule has 2 aromatic heterocycles. The molecule has 160 valence electrons. The molecule has 0 aliphatic rings. The number of aromatic nitrogens is 4. The molecule has 0 fully saturated rings. The van der Waals surface area contributed by atoms with Crippen LogP contribution in [0.15, 0.2) is 45.9 Å². The fourth-order valence-electron chi connectivity index (χ4n) is 2.82. The molecular formula is C22H31N7O. The summed E-state index contributed by atoms with van der Waals surface area (Å²) in [5, 5.41) is 15.1. The molecule has 1 atom stereocenters. The summed E-state index contributed by atoms with van der Waals surface area (Å²) >= 11 is 0. The smallest absolute Gasteiger partial charge is 0.213 e. The van der Waals surface area contributed by atoms with Gasteiger partial charge in [0.25, 0.3) is 0 Å². The Kier molecular flexibility index (Phi) is 6.54. The summed E-state index contributed by atoms with van der Waals surface area (Å²) < 4.78 is 7.83. The molecule has 0 radical (unpaired) electrons. The third-order valence-corrected chi connectivity index (χ3v) is 4.91. The first-order valence-corrected chi connectivity index (χ1v) is 10.1. The Morgan fingerprint density at radius 1 is 1.20 bits per heavy atom. The molecule has 2 heterocycles. The third kappa shape index (κ3) is 5.46. The van der Waals surface area contributed by atoms with Crippen molar-refractivity contribution in [3.05, 3.63) is 65.4 Å². The third-order valence-electron chi connectivity index (χ3n) is 4.91. The molecule has 0 aliphatic carbocycles. The van der Waals surface area contributed by atoms with Gasteiger partial charge >= 0.3 is 0 Å². The molecule has 0 amide bonds. The number of rotatable bonds is 6. The summed E-state index contributed by atoms with van der Waals surface area (Å²) in [5.41, 5.74) is 1.10. The maximum Gasteiger partial charge on any atom is 0.213 e. The Hall–Kier alpha value is -3.16. The van der Waals surface area contributed by atoms with Crippen LogP contribution in [0.25, 0.3) is 0 Å². The largest absolute Gasteiger partial charge is 0.443 e. The van der Waals surface area contributed by atoms with Gasteiger partial charge in [-0.1, -0.05) is 51.1 Å². The van der Waals surface area contributed by atoms with Crippen molar-refractivity contribution < 1.29 is 4.42 Å². The molecule has 30 heavy (non-hydrogen) atoms. The summed E-state index contributed by atoms with van der Waals surface area (Å²) in [4.78, 5) is 9.10. The number of oxazole rings is 1. The van der Waals surface area contributed by atoms with Gasteiger partial charge in [-0.25, -0.2) is 9.98 Å². The van der Waals surface area contributed by atoms with E-state index in [9.17, 15) is 0 Å². The number of nitrogens with zero attached hydrogens (tertiary/aromatic N) is 5. The lowest BCUT2D eigenvalue weighted by Gasteiger charge is -2.18. The van der Waals surface area contributed by atoms with Crippen LogP contribution in [0.2, 0.25) is 0 Å². The first-order chi connectivity index (χ1) is 14.2. The SMILES string of the molecule is Cc1nnc(CN=C(NCc2ncc(C(C)(C)C)o2)NC(C)c2ccccc2)n1C. The zero-order valence-corrected chi connectivity index (χ0v) is 18.6. The molecule has 0 aliphatic heterocycles. The highest BCUT2D eigenvalue weighted by Crippen LogP contribution is 2.22. The fraction of sp³-hybridized carbons (Fsp3) is 0.455. The number of aryl methyl sites for hydroxylation is 1. The molecule has 8 nitrogen and oxygen atoms in total. The number of hydrogen-bond donors (Lipinski definition) is 2. The van der Waals surface area contributed by atoms with Crippen molar-refractivity contribution in [2.24, 2.45) is 12.0 Å². The molecule has 2 N–H and O–H groups in total. The minimum absolute atomic E-state index is 0.0772. The summed E-state index contributed by atoms with van der Waals surface area (Å²) in [6, 6.07) is 10.3. The summed E-state index contributed by atoms with van der Waals surface area (Å²) in [6.45, 7) is 11.2. The van der Waals surface area contributed by atoms with Gasteiger partial charge in [0.15, 0.2) is 11.8 Å². The molecule has 8 heteroatoms. The fourth-order valence-corrected chi connectivity index (χ4v) is 2.82. The van der Waals surface area contributed by atoms with E-state index in [1.165, 1.54) is 5.56 Å². The Balaban J connectivity index is 1.73. The number of nitrogens with one attached hydrogen (secondary N) is 2. The van der Waals surface area contributed by atoms with Crippen LogP contribution in [0.1, 0.15) is 62.6 Å². The van der Waals surface area contributed by atoms with Crippen LogP contribution in [0.3, 0.4) is 0 Å². The molecule has 1 aromatic carbocycles. The molecule has 0 saturated carbocycles. The van der Waals surface area contributed by atoms with E-state index in [2.05, 4.69) is 65.6 Å². The number of guanidine groups is 1. The van der Waals surface area contributed by atoms with Crippen LogP contribution >= 0.6 is 0 Å². The minimum atomic E-state index is -0.0781. The highest BCUT2D eigenvalue weighted by Gasteiger charge is 2.19. The molecule has 3 rings (SSSR count). The molecule has 0 bridgehead atoms. The highest BCUT2D eigenvalue weighted by atomic mass is 16.4. The monoisotopic (exact) mass is 409 g/mol. The Labute approximate surface area is 177 Å². The summed E-state index contributed by atoms with van der Waals surface area (Å²) in [6.07, 6.45) is 1.79. The van der Waals surface area contributed by atoms with Gasteiger partial charge in [-0.3, -0.25) is 0 Å². The molecule has 0 saturated heterocycles. The molecule has 1 unspecified atom stereocenters. The van der Waals surface area contributed by atoms with E-state index in [1.54, 1.807) is 6.20 Å². The average molecular weight is 410 g/mol. The van der Waals surface area contributed by atoms with Crippen molar-refractivity contribution in [3.63, 3.8) is 0 Å². The second-order valence-electron chi connectivity index (χ2n) is 8.39. The average Bonchev–Trinajstić information content (AvgIpc) is 3.32. The van der Waals surface area contributed by atoms with Gasteiger partial charge in [-0.2, -0.15) is 0 Å². The zero-order chi connectivity index (χ0) is 21.7. The van der Waals surface area contributed by atoms with Crippen LogP contribution in [0.5, 0.6) is 0 Å². The molecule has 3 aromatic rings. The topological polar surface area (TPSA) is 93.2 Å². The van der Waals surface area contributed by atoms with Gasteiger partial charge in [0.1, 0.15) is 18.1 Å². The van der Waals surface area contributed by atoms with Crippen molar-refractivity contribution in [2.75, 3.05) is 0 Å². The Bertz CT molecular complexity index is 983. The van der Waals surface area contributed by atoms with Gasteiger partial charge in [-0.05, 0) is 19.4 Å². The predicted octanol–water partition coefficient (Wildman–Crippen LogP) is 3.41. The number of benzene rings is 1. The second-order valence-corrected chi connectivity index (χ2v) is 8.39. The van der Waals surface area contributed by atoms with Crippen molar-refractivity contribution in [1.82, 2.24) is 30.4 Å². The van der Waals surface area contributed by atoms with E-state index in [4.69, 9.17) is 9.41 Å². The lowest BCUT2D eigenvalue weighted by atomic mass is 9.94. The molecular weight excluding hydrogens is 378 g/mol. The van der Waals surface area contributed by atoms with Crippen LogP contribution in [-0.2, 0) is 25.6 Å². The van der Waals surface area contributed by atoms with Crippen LogP contribution in [0.4, 0.5) is 0 Å². The standard InChI is InChI=1S/C22H31N7O/c1-15(17-10-8-7-9-11-17)26-21(24-13-19-28-27-16(2)29(19)6)25-14-20-23-12-18(30-20)22(3,4)5/h7-12,15H,13-14H2,1-6H3,(H2,24,25,26). The summed E-state index contributed by atoms with van der Waals surface area (Å²) in [7, 11) is 1.94. The summed E-state index contributed by atoms with van der Waals surface area (Å²) in [5.74, 6) is 3.79. The zero-order valence-electron chi connectivity index (χ0n) is 18.6. The van der Waals surface area contributed by atoms with Crippen LogP contribution in [0, 0.1) is 6.92 Å². The van der Waals surface area contributed by atoms with Gasteiger partial charge < -0.3 is 19.6 Å². The quantitative estimate of drug-likeness (QED) is 0.479. The van der Waals surface area contributed by atoms with E-state index < -0.39 is 0 Å². The van der Waals surface area contributed by atoms with E-state index in [0.29, 0.717) is 24.9 Å².